The summed E-state index contributed by atoms with van der Waals surface area (Å²) in [4.78, 5) is 11.9. The van der Waals surface area contributed by atoms with Crippen molar-refractivity contribution in [3.05, 3.63) is 34.9 Å². The zero-order valence-corrected chi connectivity index (χ0v) is 10.1. The molecule has 1 saturated heterocycles. The molecule has 4 heteroatoms. The summed E-state index contributed by atoms with van der Waals surface area (Å²) in [5.74, 6) is 0.136. The molecule has 2 fully saturated rings. The van der Waals surface area contributed by atoms with E-state index in [1.807, 2.05) is 24.3 Å². The van der Waals surface area contributed by atoms with Gasteiger partial charge in [0, 0.05) is 10.6 Å². The molecular weight excluding hydrogens is 238 g/mol. The highest BCUT2D eigenvalue weighted by molar-refractivity contribution is 6.31. The van der Waals surface area contributed by atoms with Crippen LogP contribution in [0.15, 0.2) is 24.3 Å². The van der Waals surface area contributed by atoms with Gasteiger partial charge in [0.1, 0.15) is 0 Å². The van der Waals surface area contributed by atoms with Crippen molar-refractivity contribution in [1.29, 1.82) is 0 Å². The van der Waals surface area contributed by atoms with E-state index in [1.165, 1.54) is 0 Å². The van der Waals surface area contributed by atoms with E-state index in [1.54, 1.807) is 0 Å². The number of amides is 1. The lowest BCUT2D eigenvalue weighted by Crippen LogP contribution is -2.46. The molecular formula is C13H14ClNO2. The first-order chi connectivity index (χ1) is 8.25. The SMILES string of the molecule is O=C1N[C@@H](c2ccccc2Cl)O[C@H]2CCC[C@@H]12. The van der Waals surface area contributed by atoms with Crippen LogP contribution in [0.1, 0.15) is 31.1 Å². The minimum absolute atomic E-state index is 0.0359. The summed E-state index contributed by atoms with van der Waals surface area (Å²) in [6.45, 7) is 0. The molecule has 1 saturated carbocycles. The van der Waals surface area contributed by atoms with Crippen molar-refractivity contribution < 1.29 is 9.53 Å². The Kier molecular flexibility index (Phi) is 2.81. The fraction of sp³-hybridized carbons (Fsp3) is 0.462. The van der Waals surface area contributed by atoms with E-state index in [4.69, 9.17) is 16.3 Å². The standard InChI is InChI=1S/C13H14ClNO2/c14-10-6-2-1-4-8(10)13-15-12(16)9-5-3-7-11(9)17-13/h1-2,4,6,9,11,13H,3,5,7H2,(H,15,16)/t9-,11+,13-/m1/s1. The number of nitrogens with one attached hydrogen (secondary N) is 1. The van der Waals surface area contributed by atoms with Crippen LogP contribution < -0.4 is 5.32 Å². The third kappa shape index (κ3) is 1.94. The lowest BCUT2D eigenvalue weighted by Gasteiger charge is -2.33. The Labute approximate surface area is 105 Å². The first-order valence-corrected chi connectivity index (χ1v) is 6.34. The number of carbonyl (C=O) groups excluding carboxylic acids is 1. The summed E-state index contributed by atoms with van der Waals surface area (Å²) in [5.41, 5.74) is 0.841. The predicted octanol–water partition coefficient (Wildman–Crippen LogP) is 2.65. The van der Waals surface area contributed by atoms with Gasteiger partial charge in [-0.15, -0.1) is 0 Å². The zero-order valence-electron chi connectivity index (χ0n) is 9.36. The Balaban J connectivity index is 1.86. The molecule has 0 aromatic heterocycles. The van der Waals surface area contributed by atoms with Gasteiger partial charge in [-0.25, -0.2) is 0 Å². The number of ether oxygens (including phenoxy) is 1. The molecule has 1 heterocycles. The normalized spacial score (nSPS) is 32.1. The first-order valence-electron chi connectivity index (χ1n) is 5.96. The van der Waals surface area contributed by atoms with Crippen LogP contribution in [0.3, 0.4) is 0 Å². The molecule has 1 aliphatic heterocycles. The summed E-state index contributed by atoms with van der Waals surface area (Å²) >= 11 is 6.12. The number of fused-ring (bicyclic) bond motifs is 1. The van der Waals surface area contributed by atoms with Gasteiger partial charge >= 0.3 is 0 Å². The topological polar surface area (TPSA) is 38.3 Å². The Bertz CT molecular complexity index is 449. The molecule has 1 N–H and O–H groups in total. The van der Waals surface area contributed by atoms with Gasteiger partial charge in [-0.2, -0.15) is 0 Å². The minimum atomic E-state index is -0.393. The number of hydrogen-bond donors (Lipinski definition) is 1. The molecule has 1 aliphatic carbocycles. The quantitative estimate of drug-likeness (QED) is 0.833. The molecule has 3 nitrogen and oxygen atoms in total. The Hall–Kier alpha value is -1.06. The summed E-state index contributed by atoms with van der Waals surface area (Å²) < 4.78 is 5.93. The molecule has 17 heavy (non-hydrogen) atoms. The van der Waals surface area contributed by atoms with E-state index >= 15 is 0 Å². The summed E-state index contributed by atoms with van der Waals surface area (Å²) in [5, 5.41) is 3.53. The highest BCUT2D eigenvalue weighted by Gasteiger charge is 2.41. The van der Waals surface area contributed by atoms with E-state index in [9.17, 15) is 4.79 Å². The fourth-order valence-corrected chi connectivity index (χ4v) is 2.91. The van der Waals surface area contributed by atoms with E-state index in [-0.39, 0.29) is 17.9 Å². The molecule has 0 unspecified atom stereocenters. The van der Waals surface area contributed by atoms with Crippen molar-refractivity contribution in [3.63, 3.8) is 0 Å². The third-order valence-electron chi connectivity index (χ3n) is 3.56. The highest BCUT2D eigenvalue weighted by Crippen LogP contribution is 2.37. The molecule has 1 amide bonds. The van der Waals surface area contributed by atoms with Gasteiger partial charge in [0.15, 0.2) is 6.23 Å². The Morgan fingerprint density at radius 1 is 1.29 bits per heavy atom. The lowest BCUT2D eigenvalue weighted by atomic mass is 10.0. The maximum absolute atomic E-state index is 11.9. The van der Waals surface area contributed by atoms with Crippen molar-refractivity contribution >= 4 is 17.5 Å². The molecule has 0 radical (unpaired) electrons. The van der Waals surface area contributed by atoms with Crippen molar-refractivity contribution in [2.45, 2.75) is 31.6 Å². The number of hydrogen-bond acceptors (Lipinski definition) is 2. The number of rotatable bonds is 1. The maximum Gasteiger partial charge on any atom is 0.227 e. The lowest BCUT2D eigenvalue weighted by molar-refractivity contribution is -0.150. The van der Waals surface area contributed by atoms with Crippen LogP contribution in [0.4, 0.5) is 0 Å². The van der Waals surface area contributed by atoms with E-state index in [0.717, 1.165) is 24.8 Å². The molecule has 0 spiro atoms. The van der Waals surface area contributed by atoms with Gasteiger partial charge in [-0.05, 0) is 25.3 Å². The monoisotopic (exact) mass is 251 g/mol. The van der Waals surface area contributed by atoms with E-state index < -0.39 is 6.23 Å². The van der Waals surface area contributed by atoms with Crippen molar-refractivity contribution in [2.24, 2.45) is 5.92 Å². The van der Waals surface area contributed by atoms with Crippen LogP contribution in [0.5, 0.6) is 0 Å². The van der Waals surface area contributed by atoms with Crippen LogP contribution in [0.2, 0.25) is 5.02 Å². The maximum atomic E-state index is 11.9. The second kappa shape index (κ2) is 4.31. The van der Waals surface area contributed by atoms with Gasteiger partial charge in [-0.1, -0.05) is 29.8 Å². The molecule has 1 aromatic carbocycles. The van der Waals surface area contributed by atoms with Crippen LogP contribution in [0, 0.1) is 5.92 Å². The van der Waals surface area contributed by atoms with Gasteiger partial charge in [-0.3, -0.25) is 4.79 Å². The number of benzene rings is 1. The van der Waals surface area contributed by atoms with Gasteiger partial charge in [0.2, 0.25) is 5.91 Å². The van der Waals surface area contributed by atoms with Crippen molar-refractivity contribution in [3.8, 4) is 0 Å². The molecule has 0 bridgehead atoms. The predicted molar refractivity (Wildman–Crippen MR) is 64.5 cm³/mol. The average molecular weight is 252 g/mol. The van der Waals surface area contributed by atoms with Gasteiger partial charge in [0.05, 0.1) is 12.0 Å². The molecule has 1 aromatic rings. The number of halogens is 1. The largest absolute Gasteiger partial charge is 0.350 e. The summed E-state index contributed by atoms with van der Waals surface area (Å²) in [7, 11) is 0. The second-order valence-corrected chi connectivity index (χ2v) is 5.03. The van der Waals surface area contributed by atoms with Crippen LogP contribution in [0.25, 0.3) is 0 Å². The Morgan fingerprint density at radius 2 is 2.12 bits per heavy atom. The average Bonchev–Trinajstić information content (AvgIpc) is 2.78. The van der Waals surface area contributed by atoms with E-state index in [0.29, 0.717) is 5.02 Å². The van der Waals surface area contributed by atoms with Crippen LogP contribution >= 0.6 is 11.6 Å². The minimum Gasteiger partial charge on any atom is -0.350 e. The number of carbonyl (C=O) groups is 1. The Morgan fingerprint density at radius 3 is 2.94 bits per heavy atom. The third-order valence-corrected chi connectivity index (χ3v) is 3.91. The summed E-state index contributed by atoms with van der Waals surface area (Å²) in [6.07, 6.45) is 2.64. The summed E-state index contributed by atoms with van der Waals surface area (Å²) in [6, 6.07) is 7.47. The molecule has 90 valence electrons. The zero-order chi connectivity index (χ0) is 11.8. The smallest absolute Gasteiger partial charge is 0.227 e. The molecule has 2 aliphatic rings. The van der Waals surface area contributed by atoms with Gasteiger partial charge < -0.3 is 10.1 Å². The highest BCUT2D eigenvalue weighted by atomic mass is 35.5. The molecule has 3 rings (SSSR count). The van der Waals surface area contributed by atoms with Crippen LogP contribution in [-0.4, -0.2) is 12.0 Å². The van der Waals surface area contributed by atoms with Crippen molar-refractivity contribution in [1.82, 2.24) is 5.32 Å². The van der Waals surface area contributed by atoms with Gasteiger partial charge in [0.25, 0.3) is 0 Å². The first kappa shape index (κ1) is 11.1. The van der Waals surface area contributed by atoms with Crippen molar-refractivity contribution in [2.75, 3.05) is 0 Å². The molecule has 3 atom stereocenters. The van der Waals surface area contributed by atoms with E-state index in [2.05, 4.69) is 5.32 Å². The second-order valence-electron chi connectivity index (χ2n) is 4.62. The van der Waals surface area contributed by atoms with Crippen LogP contribution in [-0.2, 0) is 9.53 Å². The fourth-order valence-electron chi connectivity index (χ4n) is 2.67.